The number of hydrogen-bond acceptors (Lipinski definition) is 3. The standard InChI is InChI=1S/C30H25F3N2O3/c1-18(28(34)36)13-25-16-23-14-22(17-26(27(23)38-25)21-3-2-4-24(31)15-21)19-5-7-20(8-6-19)29(37)35-11-9-30(32,33)10-12-35/h2-8,14-17H,1,9-13H2,(H2,34,36). The maximum absolute atomic E-state index is 14.1. The Morgan fingerprint density at radius 3 is 2.32 bits per heavy atom. The molecule has 0 bridgehead atoms. The maximum Gasteiger partial charge on any atom is 0.253 e. The smallest absolute Gasteiger partial charge is 0.253 e. The van der Waals surface area contributed by atoms with Gasteiger partial charge in [0.1, 0.15) is 17.2 Å². The molecule has 2 N–H and O–H groups in total. The van der Waals surface area contributed by atoms with E-state index in [2.05, 4.69) is 6.58 Å². The van der Waals surface area contributed by atoms with Crippen molar-refractivity contribution in [3.05, 3.63) is 96.0 Å². The van der Waals surface area contributed by atoms with Gasteiger partial charge in [-0.25, -0.2) is 13.2 Å². The highest BCUT2D eigenvalue weighted by Gasteiger charge is 2.35. The predicted molar refractivity (Wildman–Crippen MR) is 139 cm³/mol. The molecule has 1 fully saturated rings. The van der Waals surface area contributed by atoms with E-state index in [4.69, 9.17) is 10.2 Å². The third-order valence-corrected chi connectivity index (χ3v) is 6.79. The zero-order chi connectivity index (χ0) is 27.0. The van der Waals surface area contributed by atoms with Gasteiger partial charge < -0.3 is 15.1 Å². The Bertz CT molecular complexity index is 1550. The van der Waals surface area contributed by atoms with Gasteiger partial charge in [-0.2, -0.15) is 0 Å². The minimum absolute atomic E-state index is 0.0201. The minimum Gasteiger partial charge on any atom is -0.460 e. The summed E-state index contributed by atoms with van der Waals surface area (Å²) in [7, 11) is 0. The number of furan rings is 1. The molecule has 0 aliphatic carbocycles. The van der Waals surface area contributed by atoms with Crippen molar-refractivity contribution in [1.82, 2.24) is 4.90 Å². The van der Waals surface area contributed by atoms with Crippen LogP contribution < -0.4 is 5.73 Å². The van der Waals surface area contributed by atoms with Crippen LogP contribution in [0.4, 0.5) is 13.2 Å². The van der Waals surface area contributed by atoms with E-state index in [9.17, 15) is 22.8 Å². The summed E-state index contributed by atoms with van der Waals surface area (Å²) in [5.41, 5.74) is 9.34. The first-order chi connectivity index (χ1) is 18.1. The second-order valence-electron chi connectivity index (χ2n) is 9.54. The molecule has 2 heterocycles. The molecule has 2 amide bonds. The van der Waals surface area contributed by atoms with Crippen molar-refractivity contribution in [2.75, 3.05) is 13.1 Å². The van der Waals surface area contributed by atoms with Crippen LogP contribution >= 0.6 is 0 Å². The quantitative estimate of drug-likeness (QED) is 0.302. The van der Waals surface area contributed by atoms with Crippen LogP contribution in [0.25, 0.3) is 33.2 Å². The van der Waals surface area contributed by atoms with Crippen LogP contribution in [-0.4, -0.2) is 35.7 Å². The van der Waals surface area contributed by atoms with Crippen molar-refractivity contribution in [3.8, 4) is 22.3 Å². The second-order valence-corrected chi connectivity index (χ2v) is 9.54. The number of carbonyl (C=O) groups is 2. The summed E-state index contributed by atoms with van der Waals surface area (Å²) >= 11 is 0. The fourth-order valence-electron chi connectivity index (χ4n) is 4.65. The Kier molecular flexibility index (Phi) is 6.57. The van der Waals surface area contributed by atoms with E-state index in [0.29, 0.717) is 28.0 Å². The number of piperidine rings is 1. The summed E-state index contributed by atoms with van der Waals surface area (Å²) in [6.45, 7) is 3.73. The molecular formula is C30H25F3N2O3. The Labute approximate surface area is 217 Å². The highest BCUT2D eigenvalue weighted by Crippen LogP contribution is 2.37. The SMILES string of the molecule is C=C(Cc1cc2cc(-c3ccc(C(=O)N4CCC(F)(F)CC4)cc3)cc(-c3cccc(F)c3)c2o1)C(N)=O. The molecule has 8 heteroatoms. The first-order valence-corrected chi connectivity index (χ1v) is 12.2. The second kappa shape index (κ2) is 9.85. The molecule has 0 atom stereocenters. The highest BCUT2D eigenvalue weighted by atomic mass is 19.3. The lowest BCUT2D eigenvalue weighted by atomic mass is 9.96. The van der Waals surface area contributed by atoms with Crippen molar-refractivity contribution in [1.29, 1.82) is 0 Å². The van der Waals surface area contributed by atoms with Crippen LogP contribution in [0.2, 0.25) is 0 Å². The average molecular weight is 519 g/mol. The molecule has 1 aliphatic heterocycles. The lowest BCUT2D eigenvalue weighted by molar-refractivity contribution is -0.114. The number of rotatable bonds is 6. The monoisotopic (exact) mass is 518 g/mol. The molecule has 4 aromatic rings. The molecule has 0 spiro atoms. The fraction of sp³-hybridized carbons (Fsp3) is 0.200. The van der Waals surface area contributed by atoms with E-state index in [1.54, 1.807) is 42.5 Å². The van der Waals surface area contributed by atoms with Gasteiger partial charge >= 0.3 is 0 Å². The number of primary amides is 1. The molecule has 0 radical (unpaired) electrons. The summed E-state index contributed by atoms with van der Waals surface area (Å²) in [5.74, 6) is -3.53. The molecule has 38 heavy (non-hydrogen) atoms. The van der Waals surface area contributed by atoms with Crippen LogP contribution in [0.3, 0.4) is 0 Å². The molecule has 0 saturated carbocycles. The van der Waals surface area contributed by atoms with Crippen molar-refractivity contribution < 1.29 is 27.2 Å². The third-order valence-electron chi connectivity index (χ3n) is 6.79. The van der Waals surface area contributed by atoms with E-state index in [-0.39, 0.29) is 43.8 Å². The zero-order valence-corrected chi connectivity index (χ0v) is 20.5. The number of benzene rings is 3. The van der Waals surface area contributed by atoms with Gasteiger partial charge in [0.2, 0.25) is 5.91 Å². The number of halogens is 3. The Morgan fingerprint density at radius 2 is 1.66 bits per heavy atom. The van der Waals surface area contributed by atoms with Crippen molar-refractivity contribution >= 4 is 22.8 Å². The lowest BCUT2D eigenvalue weighted by Crippen LogP contribution is -2.42. The van der Waals surface area contributed by atoms with Gasteiger partial charge in [0.25, 0.3) is 11.8 Å². The van der Waals surface area contributed by atoms with Crippen LogP contribution in [0, 0.1) is 5.82 Å². The molecule has 1 saturated heterocycles. The van der Waals surface area contributed by atoms with E-state index in [0.717, 1.165) is 16.5 Å². The van der Waals surface area contributed by atoms with E-state index in [1.165, 1.54) is 17.0 Å². The van der Waals surface area contributed by atoms with E-state index in [1.807, 2.05) is 12.1 Å². The van der Waals surface area contributed by atoms with E-state index >= 15 is 0 Å². The van der Waals surface area contributed by atoms with Crippen LogP contribution in [0.15, 0.2) is 83.3 Å². The summed E-state index contributed by atoms with van der Waals surface area (Å²) in [5, 5.41) is 0.739. The number of likely N-dealkylation sites (tertiary alicyclic amines) is 1. The first-order valence-electron chi connectivity index (χ1n) is 12.2. The van der Waals surface area contributed by atoms with E-state index < -0.39 is 17.6 Å². The first kappa shape index (κ1) is 25.3. The van der Waals surface area contributed by atoms with Gasteiger partial charge in [0.15, 0.2) is 0 Å². The molecular weight excluding hydrogens is 493 g/mol. The number of nitrogens with two attached hydrogens (primary N) is 1. The molecule has 0 unspecified atom stereocenters. The minimum atomic E-state index is -2.72. The third kappa shape index (κ3) is 5.20. The highest BCUT2D eigenvalue weighted by molar-refractivity contribution is 5.98. The van der Waals surface area contributed by atoms with Crippen LogP contribution in [-0.2, 0) is 11.2 Å². The normalized spacial score (nSPS) is 15.0. The summed E-state index contributed by atoms with van der Waals surface area (Å²) < 4.78 is 47.1. The van der Waals surface area contributed by atoms with Gasteiger partial charge in [-0.1, -0.05) is 30.8 Å². The maximum atomic E-state index is 14.1. The molecule has 5 rings (SSSR count). The summed E-state index contributed by atoms with van der Waals surface area (Å²) in [6.07, 6.45) is -0.528. The van der Waals surface area contributed by atoms with Crippen molar-refractivity contribution in [2.45, 2.75) is 25.2 Å². The van der Waals surface area contributed by atoms with Crippen molar-refractivity contribution in [2.24, 2.45) is 5.73 Å². The molecule has 1 aromatic heterocycles. The predicted octanol–water partition coefficient (Wildman–Crippen LogP) is 6.36. The number of hydrogen-bond donors (Lipinski definition) is 1. The molecule has 194 valence electrons. The van der Waals surface area contributed by atoms with Gasteiger partial charge in [-0.05, 0) is 59.2 Å². The number of nitrogens with zero attached hydrogens (tertiary/aromatic N) is 1. The Hall–Kier alpha value is -4.33. The largest absolute Gasteiger partial charge is 0.460 e. The Balaban J connectivity index is 1.50. The van der Waals surface area contributed by atoms with Gasteiger partial charge in [-0.15, -0.1) is 0 Å². The number of carbonyl (C=O) groups excluding carboxylic acids is 2. The summed E-state index contributed by atoms with van der Waals surface area (Å²) in [6, 6.07) is 18.6. The topological polar surface area (TPSA) is 76.5 Å². The number of fused-ring (bicyclic) bond motifs is 1. The van der Waals surface area contributed by atoms with Gasteiger partial charge in [0.05, 0.1) is 0 Å². The Morgan fingerprint density at radius 1 is 0.947 bits per heavy atom. The summed E-state index contributed by atoms with van der Waals surface area (Å²) in [4.78, 5) is 25.8. The number of alkyl halides is 2. The number of amides is 2. The van der Waals surface area contributed by atoms with Gasteiger partial charge in [-0.3, -0.25) is 9.59 Å². The molecule has 1 aliphatic rings. The molecule has 5 nitrogen and oxygen atoms in total. The molecule has 3 aromatic carbocycles. The van der Waals surface area contributed by atoms with Crippen molar-refractivity contribution in [3.63, 3.8) is 0 Å². The fourth-order valence-corrected chi connectivity index (χ4v) is 4.65. The van der Waals surface area contributed by atoms with Gasteiger partial charge in [0, 0.05) is 54.4 Å². The van der Waals surface area contributed by atoms with Crippen LogP contribution in [0.5, 0.6) is 0 Å². The van der Waals surface area contributed by atoms with Crippen LogP contribution in [0.1, 0.15) is 29.0 Å². The zero-order valence-electron chi connectivity index (χ0n) is 20.5. The average Bonchev–Trinajstić information content (AvgIpc) is 3.30. The lowest BCUT2D eigenvalue weighted by Gasteiger charge is -2.31.